The molecule has 1 saturated heterocycles. The van der Waals surface area contributed by atoms with Crippen LogP contribution in [0.4, 0.5) is 0 Å². The van der Waals surface area contributed by atoms with E-state index in [2.05, 4.69) is 12.0 Å². The van der Waals surface area contributed by atoms with Gasteiger partial charge in [0.1, 0.15) is 0 Å². The van der Waals surface area contributed by atoms with Crippen LogP contribution < -0.4 is 0 Å². The normalized spacial score (nSPS) is 18.8. The van der Waals surface area contributed by atoms with Crippen LogP contribution in [0.1, 0.15) is 35.1 Å². The number of carboxylic acid groups (broad SMARTS) is 1. The zero-order chi connectivity index (χ0) is 15.6. The van der Waals surface area contributed by atoms with Crippen LogP contribution in [0.2, 0.25) is 0 Å². The summed E-state index contributed by atoms with van der Waals surface area (Å²) in [6.45, 7) is 7.22. The number of amides is 1. The molecule has 2 heterocycles. The minimum Gasteiger partial charge on any atom is -0.479 e. The third kappa shape index (κ3) is 3.07. The van der Waals surface area contributed by atoms with Crippen LogP contribution in [0.3, 0.4) is 0 Å². The summed E-state index contributed by atoms with van der Waals surface area (Å²) in [5, 5.41) is 13.4. The van der Waals surface area contributed by atoms with E-state index in [0.29, 0.717) is 17.8 Å². The van der Waals surface area contributed by atoms with Gasteiger partial charge in [0.25, 0.3) is 5.91 Å². The van der Waals surface area contributed by atoms with Gasteiger partial charge in [-0.2, -0.15) is 5.10 Å². The van der Waals surface area contributed by atoms with E-state index in [9.17, 15) is 9.59 Å². The molecule has 2 rings (SSSR count). The SMILES string of the molecule is CCCn1nc(C)c(C(=O)N2CCO[C@@H](C(=O)O)C2)c1C. The summed E-state index contributed by atoms with van der Waals surface area (Å²) in [4.78, 5) is 25.2. The van der Waals surface area contributed by atoms with Gasteiger partial charge in [-0.05, 0) is 20.3 Å². The van der Waals surface area contributed by atoms with E-state index >= 15 is 0 Å². The lowest BCUT2D eigenvalue weighted by Gasteiger charge is -2.31. The van der Waals surface area contributed by atoms with Crippen LogP contribution in [-0.2, 0) is 16.1 Å². The van der Waals surface area contributed by atoms with Gasteiger partial charge in [0, 0.05) is 18.8 Å². The molecule has 0 radical (unpaired) electrons. The predicted octanol–water partition coefficient (Wildman–Crippen LogP) is 0.836. The van der Waals surface area contributed by atoms with Crippen molar-refractivity contribution in [2.75, 3.05) is 19.7 Å². The lowest BCUT2D eigenvalue weighted by Crippen LogP contribution is -2.48. The van der Waals surface area contributed by atoms with Gasteiger partial charge in [0.05, 0.1) is 24.4 Å². The monoisotopic (exact) mass is 295 g/mol. The van der Waals surface area contributed by atoms with Gasteiger partial charge in [-0.25, -0.2) is 4.79 Å². The Morgan fingerprint density at radius 2 is 2.14 bits per heavy atom. The molecule has 7 heteroatoms. The summed E-state index contributed by atoms with van der Waals surface area (Å²) in [6.07, 6.45) is -0.0113. The number of aliphatic carboxylic acids is 1. The van der Waals surface area contributed by atoms with E-state index < -0.39 is 12.1 Å². The summed E-state index contributed by atoms with van der Waals surface area (Å²) in [5.41, 5.74) is 2.09. The number of hydrogen-bond acceptors (Lipinski definition) is 4. The first-order chi connectivity index (χ1) is 9.95. The second kappa shape index (κ2) is 6.26. The summed E-state index contributed by atoms with van der Waals surface area (Å²) < 4.78 is 6.98. The standard InChI is InChI=1S/C14H21N3O4/c1-4-5-17-10(3)12(9(2)15-17)13(18)16-6-7-21-11(8-16)14(19)20/h11H,4-8H2,1-3H3,(H,19,20)/t11-/m1/s1. The number of carbonyl (C=O) groups excluding carboxylic acids is 1. The van der Waals surface area contributed by atoms with Crippen molar-refractivity contribution < 1.29 is 19.4 Å². The number of morpholine rings is 1. The number of ether oxygens (including phenoxy) is 1. The fourth-order valence-electron chi connectivity index (χ4n) is 2.58. The smallest absolute Gasteiger partial charge is 0.334 e. The Bertz CT molecular complexity index is 553. The average molecular weight is 295 g/mol. The molecule has 0 aromatic carbocycles. The van der Waals surface area contributed by atoms with E-state index in [1.165, 1.54) is 4.90 Å². The van der Waals surface area contributed by atoms with Gasteiger partial charge in [-0.1, -0.05) is 6.92 Å². The number of carboxylic acids is 1. The highest BCUT2D eigenvalue weighted by Gasteiger charge is 2.31. The number of nitrogens with zero attached hydrogens (tertiary/aromatic N) is 3. The number of aryl methyl sites for hydroxylation is 2. The molecule has 1 fully saturated rings. The quantitative estimate of drug-likeness (QED) is 0.889. The Hall–Kier alpha value is -1.89. The summed E-state index contributed by atoms with van der Waals surface area (Å²) in [7, 11) is 0. The molecule has 0 spiro atoms. The molecule has 0 unspecified atom stereocenters. The Morgan fingerprint density at radius 1 is 1.43 bits per heavy atom. The van der Waals surface area contributed by atoms with Crippen LogP contribution in [0.25, 0.3) is 0 Å². The molecule has 0 aliphatic carbocycles. The van der Waals surface area contributed by atoms with Gasteiger partial charge in [-0.3, -0.25) is 9.48 Å². The first kappa shape index (κ1) is 15.5. The van der Waals surface area contributed by atoms with E-state index in [0.717, 1.165) is 18.7 Å². The number of hydrogen-bond donors (Lipinski definition) is 1. The molecule has 1 aromatic rings. The zero-order valence-corrected chi connectivity index (χ0v) is 12.6. The summed E-state index contributed by atoms with van der Waals surface area (Å²) in [6, 6.07) is 0. The summed E-state index contributed by atoms with van der Waals surface area (Å²) in [5.74, 6) is -1.20. The molecule has 1 aliphatic rings. The van der Waals surface area contributed by atoms with Crippen molar-refractivity contribution in [3.63, 3.8) is 0 Å². The fraction of sp³-hybridized carbons (Fsp3) is 0.643. The Kier molecular flexibility index (Phi) is 4.62. The molecule has 1 amide bonds. The predicted molar refractivity (Wildman–Crippen MR) is 75.3 cm³/mol. The molecule has 1 N–H and O–H groups in total. The molecule has 0 saturated carbocycles. The highest BCUT2D eigenvalue weighted by Crippen LogP contribution is 2.18. The first-order valence-electron chi connectivity index (χ1n) is 7.13. The third-order valence-electron chi connectivity index (χ3n) is 3.66. The van der Waals surface area contributed by atoms with Crippen molar-refractivity contribution in [3.05, 3.63) is 17.0 Å². The van der Waals surface area contributed by atoms with E-state index in [1.807, 2.05) is 18.5 Å². The van der Waals surface area contributed by atoms with Crippen molar-refractivity contribution >= 4 is 11.9 Å². The number of aromatic nitrogens is 2. The summed E-state index contributed by atoms with van der Waals surface area (Å²) >= 11 is 0. The molecular weight excluding hydrogens is 274 g/mol. The number of carbonyl (C=O) groups is 2. The van der Waals surface area contributed by atoms with Gasteiger partial charge < -0.3 is 14.7 Å². The maximum atomic E-state index is 12.7. The van der Waals surface area contributed by atoms with Gasteiger partial charge in [-0.15, -0.1) is 0 Å². The van der Waals surface area contributed by atoms with Crippen molar-refractivity contribution in [2.24, 2.45) is 0 Å². The molecular formula is C14H21N3O4. The van der Waals surface area contributed by atoms with Crippen molar-refractivity contribution in [3.8, 4) is 0 Å². The molecule has 1 aromatic heterocycles. The maximum Gasteiger partial charge on any atom is 0.334 e. The first-order valence-corrected chi connectivity index (χ1v) is 7.13. The lowest BCUT2D eigenvalue weighted by atomic mass is 10.1. The van der Waals surface area contributed by atoms with Gasteiger partial charge in [0.15, 0.2) is 6.10 Å². The van der Waals surface area contributed by atoms with Crippen LogP contribution in [0.15, 0.2) is 0 Å². The highest BCUT2D eigenvalue weighted by atomic mass is 16.5. The molecule has 21 heavy (non-hydrogen) atoms. The topological polar surface area (TPSA) is 84.7 Å². The number of rotatable bonds is 4. The molecule has 116 valence electrons. The van der Waals surface area contributed by atoms with Crippen LogP contribution in [0, 0.1) is 13.8 Å². The van der Waals surface area contributed by atoms with E-state index in [1.54, 1.807) is 0 Å². The van der Waals surface area contributed by atoms with Gasteiger partial charge >= 0.3 is 5.97 Å². The Morgan fingerprint density at radius 3 is 2.76 bits per heavy atom. The van der Waals surface area contributed by atoms with Gasteiger partial charge in [0.2, 0.25) is 0 Å². The minimum atomic E-state index is -1.04. The lowest BCUT2D eigenvalue weighted by molar-refractivity contribution is -0.154. The van der Waals surface area contributed by atoms with Crippen molar-refractivity contribution in [1.29, 1.82) is 0 Å². The zero-order valence-electron chi connectivity index (χ0n) is 12.6. The maximum absolute atomic E-state index is 12.7. The second-order valence-electron chi connectivity index (χ2n) is 5.22. The van der Waals surface area contributed by atoms with Crippen LogP contribution in [-0.4, -0.2) is 57.5 Å². The third-order valence-corrected chi connectivity index (χ3v) is 3.66. The van der Waals surface area contributed by atoms with E-state index in [4.69, 9.17) is 9.84 Å². The largest absolute Gasteiger partial charge is 0.479 e. The van der Waals surface area contributed by atoms with Crippen LogP contribution in [0.5, 0.6) is 0 Å². The molecule has 7 nitrogen and oxygen atoms in total. The minimum absolute atomic E-state index is 0.0754. The van der Waals surface area contributed by atoms with E-state index in [-0.39, 0.29) is 19.1 Å². The molecule has 0 bridgehead atoms. The Balaban J connectivity index is 2.22. The highest BCUT2D eigenvalue weighted by molar-refractivity contribution is 5.96. The van der Waals surface area contributed by atoms with Crippen LogP contribution >= 0.6 is 0 Å². The second-order valence-corrected chi connectivity index (χ2v) is 5.22. The average Bonchev–Trinajstić information content (AvgIpc) is 2.73. The van der Waals surface area contributed by atoms with Crippen molar-refractivity contribution in [1.82, 2.24) is 14.7 Å². The molecule has 1 atom stereocenters. The molecule has 1 aliphatic heterocycles. The Labute approximate surface area is 123 Å². The fourth-order valence-corrected chi connectivity index (χ4v) is 2.58. The van der Waals surface area contributed by atoms with Crippen molar-refractivity contribution in [2.45, 2.75) is 39.8 Å².